The van der Waals surface area contributed by atoms with Crippen LogP contribution in [0.4, 0.5) is 20.3 Å². The van der Waals surface area contributed by atoms with E-state index in [-0.39, 0.29) is 23.4 Å². The van der Waals surface area contributed by atoms with Gasteiger partial charge in [-0.25, -0.2) is 18.7 Å². The molecule has 0 unspecified atom stereocenters. The molecule has 0 saturated heterocycles. The summed E-state index contributed by atoms with van der Waals surface area (Å²) < 4.78 is 30.5. The first-order valence-corrected chi connectivity index (χ1v) is 18.0. The summed E-state index contributed by atoms with van der Waals surface area (Å²) in [6, 6.07) is 28.0. The first-order valence-electron chi connectivity index (χ1n) is 16.1. The molecule has 1 aliphatic rings. The topological polar surface area (TPSA) is 119 Å². The van der Waals surface area contributed by atoms with Gasteiger partial charge in [0.1, 0.15) is 24.2 Å². The first-order chi connectivity index (χ1) is 23.5. The Balaban J connectivity index is 1.24. The number of rotatable bonds is 9. The Hall–Kier alpha value is -5.33. The third-order valence-electron chi connectivity index (χ3n) is 9.78. The molecular weight excluding hydrogens is 643 g/mol. The van der Waals surface area contributed by atoms with Gasteiger partial charge in [-0.2, -0.15) is 4.98 Å². The second-order valence-corrected chi connectivity index (χ2v) is 17.1. The minimum absolute atomic E-state index is 0.0155. The summed E-state index contributed by atoms with van der Waals surface area (Å²) in [5.41, 5.74) is 2.18. The van der Waals surface area contributed by atoms with E-state index in [1.807, 2.05) is 60.7 Å². The van der Waals surface area contributed by atoms with Crippen molar-refractivity contribution in [3.05, 3.63) is 142 Å². The van der Waals surface area contributed by atoms with Gasteiger partial charge in [0, 0.05) is 6.07 Å². The van der Waals surface area contributed by atoms with Crippen LogP contribution >= 0.6 is 0 Å². The molecule has 248 valence electrons. The van der Waals surface area contributed by atoms with Gasteiger partial charge < -0.3 is 10.1 Å². The van der Waals surface area contributed by atoms with Crippen LogP contribution in [-0.4, -0.2) is 37.6 Å². The normalized spacial score (nSPS) is 16.3. The van der Waals surface area contributed by atoms with Crippen molar-refractivity contribution in [1.82, 2.24) is 19.5 Å². The molecule has 0 fully saturated rings. The Kier molecular flexibility index (Phi) is 8.29. The molecule has 0 amide bonds. The van der Waals surface area contributed by atoms with Gasteiger partial charge in [-0.3, -0.25) is 14.7 Å². The van der Waals surface area contributed by atoms with Gasteiger partial charge in [-0.15, -0.1) is 0 Å². The lowest BCUT2D eigenvalue weighted by Gasteiger charge is -2.44. The second kappa shape index (κ2) is 12.6. The zero-order valence-electron chi connectivity index (χ0n) is 26.9. The van der Waals surface area contributed by atoms with Crippen molar-refractivity contribution in [3.63, 3.8) is 0 Å². The quantitative estimate of drug-likeness (QED) is 0.0966. The fraction of sp³-hybridized carbons (Fsp3) is 0.216. The minimum Gasteiger partial charge on any atom is -0.424 e. The van der Waals surface area contributed by atoms with Gasteiger partial charge in [-0.1, -0.05) is 80.6 Å². The van der Waals surface area contributed by atoms with Crippen LogP contribution in [0.1, 0.15) is 56.2 Å². The van der Waals surface area contributed by atoms with Gasteiger partial charge in [0.05, 0.1) is 22.0 Å². The molecular formula is C37H34F2N6O3Si. The van der Waals surface area contributed by atoms with Crippen LogP contribution in [0.25, 0.3) is 17.0 Å². The van der Waals surface area contributed by atoms with Crippen LogP contribution in [0.2, 0.25) is 5.04 Å². The molecule has 2 atom stereocenters. The first kappa shape index (κ1) is 32.2. The number of nitro groups is 1. The van der Waals surface area contributed by atoms with E-state index < -0.39 is 36.0 Å². The average molecular weight is 677 g/mol. The predicted octanol–water partition coefficient (Wildman–Crippen LogP) is 6.96. The Labute approximate surface area is 282 Å². The molecule has 49 heavy (non-hydrogen) atoms. The van der Waals surface area contributed by atoms with Gasteiger partial charge in [0.2, 0.25) is 11.8 Å². The third kappa shape index (κ3) is 5.87. The molecule has 4 aromatic carbocycles. The highest BCUT2D eigenvalue weighted by Gasteiger charge is 2.51. The van der Waals surface area contributed by atoms with Crippen LogP contribution in [0.15, 0.2) is 110 Å². The second-order valence-electron chi connectivity index (χ2n) is 13.2. The van der Waals surface area contributed by atoms with E-state index in [4.69, 9.17) is 0 Å². The summed E-state index contributed by atoms with van der Waals surface area (Å²) in [6.07, 6.45) is 4.39. The summed E-state index contributed by atoms with van der Waals surface area (Å²) in [5, 5.41) is 16.6. The number of imidazole rings is 1. The molecule has 2 aromatic heterocycles. The largest absolute Gasteiger partial charge is 0.424 e. The number of fused-ring (bicyclic) bond motifs is 2. The SMILES string of the molecule is CC(C)(C[C@@H]1CC[C@@H](Nc2nc(-n3cnc4ccc(F)cc43)ncc2[N+](=O)[O-])c2cc(F)ccc21)[Si](O)(c1ccccc1)c1ccccc1. The Bertz CT molecular complexity index is 2120. The van der Waals surface area contributed by atoms with Crippen molar-refractivity contribution >= 4 is 41.2 Å². The number of nitrogens with one attached hydrogen (secondary N) is 1. The molecule has 0 aliphatic heterocycles. The summed E-state index contributed by atoms with van der Waals surface area (Å²) in [4.78, 5) is 37.3. The fourth-order valence-corrected chi connectivity index (χ4v) is 11.1. The lowest BCUT2D eigenvalue weighted by atomic mass is 9.76. The maximum absolute atomic E-state index is 14.9. The van der Waals surface area contributed by atoms with Crippen LogP contribution in [0.5, 0.6) is 0 Å². The molecule has 9 nitrogen and oxygen atoms in total. The monoisotopic (exact) mass is 676 g/mol. The summed E-state index contributed by atoms with van der Waals surface area (Å²) in [5.74, 6) is -0.876. The zero-order valence-corrected chi connectivity index (χ0v) is 27.9. The summed E-state index contributed by atoms with van der Waals surface area (Å²) in [7, 11) is -3.31. The summed E-state index contributed by atoms with van der Waals surface area (Å²) in [6.45, 7) is 4.23. The van der Waals surface area contributed by atoms with Crippen LogP contribution < -0.4 is 15.7 Å². The number of aromatic nitrogens is 4. The molecule has 7 rings (SSSR count). The Morgan fingerprint density at radius 2 is 1.57 bits per heavy atom. The maximum atomic E-state index is 14.9. The molecule has 2 N–H and O–H groups in total. The van der Waals surface area contributed by atoms with E-state index in [0.29, 0.717) is 35.9 Å². The minimum atomic E-state index is -3.31. The molecule has 1 aliphatic carbocycles. The zero-order chi connectivity index (χ0) is 34.3. The van der Waals surface area contributed by atoms with Crippen LogP contribution in [0.3, 0.4) is 0 Å². The molecule has 2 heterocycles. The van der Waals surface area contributed by atoms with Gasteiger partial charge in [0.15, 0.2) is 0 Å². The van der Waals surface area contributed by atoms with E-state index in [0.717, 1.165) is 22.1 Å². The van der Waals surface area contributed by atoms with Crippen molar-refractivity contribution in [2.24, 2.45) is 0 Å². The Morgan fingerprint density at radius 3 is 2.24 bits per heavy atom. The highest BCUT2D eigenvalue weighted by molar-refractivity contribution is 6.98. The fourth-order valence-electron chi connectivity index (χ4n) is 7.36. The predicted molar refractivity (Wildman–Crippen MR) is 187 cm³/mol. The van der Waals surface area contributed by atoms with E-state index in [2.05, 4.69) is 34.1 Å². The highest BCUT2D eigenvalue weighted by Crippen LogP contribution is 2.50. The number of benzene rings is 4. The smallest absolute Gasteiger partial charge is 0.329 e. The summed E-state index contributed by atoms with van der Waals surface area (Å²) >= 11 is 0. The highest BCUT2D eigenvalue weighted by atomic mass is 28.4. The van der Waals surface area contributed by atoms with Crippen LogP contribution in [0, 0.1) is 21.7 Å². The van der Waals surface area contributed by atoms with E-state index in [9.17, 15) is 23.7 Å². The average Bonchev–Trinajstić information content (AvgIpc) is 3.52. The van der Waals surface area contributed by atoms with Crippen LogP contribution in [-0.2, 0) is 0 Å². The van der Waals surface area contributed by atoms with Gasteiger partial charge >= 0.3 is 5.69 Å². The lowest BCUT2D eigenvalue weighted by molar-refractivity contribution is -0.384. The number of hydrogen-bond acceptors (Lipinski definition) is 7. The van der Waals surface area contributed by atoms with Crippen molar-refractivity contribution in [1.29, 1.82) is 0 Å². The number of halogens is 2. The van der Waals surface area contributed by atoms with Crippen molar-refractivity contribution in [2.75, 3.05) is 5.32 Å². The number of hydrogen-bond donors (Lipinski definition) is 2. The maximum Gasteiger partial charge on any atom is 0.329 e. The van der Waals surface area contributed by atoms with Gasteiger partial charge in [0.25, 0.3) is 8.32 Å². The van der Waals surface area contributed by atoms with Crippen molar-refractivity contribution < 1.29 is 18.5 Å². The van der Waals surface area contributed by atoms with Crippen molar-refractivity contribution in [3.8, 4) is 5.95 Å². The van der Waals surface area contributed by atoms with E-state index >= 15 is 0 Å². The van der Waals surface area contributed by atoms with Crippen molar-refractivity contribution in [2.45, 2.75) is 50.1 Å². The van der Waals surface area contributed by atoms with Gasteiger partial charge in [-0.05, 0) is 76.0 Å². The molecule has 12 heteroatoms. The standard InChI is InChI=1S/C37H34F2N6O3Si/c1-37(2,49(48,27-9-5-3-6-10-27)28-11-7-4-8-12-28)21-24-13-17-31(30-19-25(38)14-16-29(24)30)42-35-34(45(46)47)22-40-36(43-35)44-23-41-32-18-15-26(39)20-33(32)44/h3-12,14-16,18-20,22-24,31,48H,13,17,21H2,1-2H3,(H,40,42,43)/t24-,31+/m0/s1. The molecule has 0 saturated carbocycles. The van der Waals surface area contributed by atoms with E-state index in [1.54, 1.807) is 6.07 Å². The molecule has 6 aromatic rings. The number of nitrogens with zero attached hydrogens (tertiary/aromatic N) is 5. The third-order valence-corrected chi connectivity index (χ3v) is 14.3. The Morgan fingerprint density at radius 1 is 0.918 bits per heavy atom. The van der Waals surface area contributed by atoms with E-state index in [1.165, 1.54) is 41.2 Å². The number of anilines is 1. The molecule has 0 bridgehead atoms. The lowest BCUT2D eigenvalue weighted by Crippen LogP contribution is -2.65. The molecule has 0 radical (unpaired) electrons. The molecule has 0 spiro atoms.